The van der Waals surface area contributed by atoms with Gasteiger partial charge in [-0.15, -0.1) is 0 Å². The Kier molecular flexibility index (Phi) is 8.77. The number of rotatable bonds is 7. The Labute approximate surface area is 387 Å². The van der Waals surface area contributed by atoms with Crippen LogP contribution in [0.4, 0.5) is 34.1 Å². The van der Waals surface area contributed by atoms with Crippen LogP contribution in [0.1, 0.15) is 16.7 Å². The molecule has 0 atom stereocenters. The number of hydrogen-bond acceptors (Lipinski definition) is 5. The molecule has 0 aliphatic carbocycles. The molecule has 0 saturated carbocycles. The monoisotopic (exact) mass is 860 g/mol. The first-order chi connectivity index (χ1) is 33.0. The molecule has 5 nitrogen and oxygen atoms in total. The van der Waals surface area contributed by atoms with E-state index in [0.717, 1.165) is 106 Å². The molecular weight excluding hydrogens is 821 g/mol. The molecule has 1 aromatic heterocycles. The zero-order valence-corrected chi connectivity index (χ0v) is 36.3. The van der Waals surface area contributed by atoms with Crippen molar-refractivity contribution in [3.8, 4) is 39.5 Å². The van der Waals surface area contributed by atoms with Crippen LogP contribution in [0.2, 0.25) is 0 Å². The van der Waals surface area contributed by atoms with Crippen molar-refractivity contribution in [1.82, 2.24) is 0 Å². The summed E-state index contributed by atoms with van der Waals surface area (Å²) in [6, 6.07) is 76.0. The third kappa shape index (κ3) is 6.32. The van der Waals surface area contributed by atoms with Crippen molar-refractivity contribution in [2.24, 2.45) is 0 Å². The molecule has 3 heterocycles. The van der Waals surface area contributed by atoms with E-state index in [0.29, 0.717) is 17.3 Å². The largest absolute Gasteiger partial charge is 0.457 e. The van der Waals surface area contributed by atoms with Crippen LogP contribution in [0.5, 0.6) is 17.2 Å². The highest BCUT2D eigenvalue weighted by Crippen LogP contribution is 2.54. The molecule has 0 amide bonds. The first-order valence-electron chi connectivity index (χ1n) is 22.4. The van der Waals surface area contributed by atoms with Gasteiger partial charge in [0.05, 0.1) is 11.4 Å². The lowest BCUT2D eigenvalue weighted by Gasteiger charge is -2.32. The Bertz CT molecular complexity index is 3800. The summed E-state index contributed by atoms with van der Waals surface area (Å²) in [7, 11) is 0. The number of ether oxygens (including phenoxy) is 2. The fourth-order valence-corrected chi connectivity index (χ4v) is 9.97. The maximum Gasteiger partial charge on any atom is 0.159 e. The summed E-state index contributed by atoms with van der Waals surface area (Å²) < 4.78 is 20.2. The van der Waals surface area contributed by atoms with Gasteiger partial charge in [-0.25, -0.2) is 0 Å². The summed E-state index contributed by atoms with van der Waals surface area (Å²) in [6.07, 6.45) is 0. The van der Waals surface area contributed by atoms with Gasteiger partial charge in [0.25, 0.3) is 0 Å². The minimum absolute atomic E-state index is 0.544. The molecule has 13 rings (SSSR count). The number of para-hydroxylation sites is 3. The summed E-state index contributed by atoms with van der Waals surface area (Å²) >= 11 is 0. The fourth-order valence-electron chi connectivity index (χ4n) is 9.97. The highest BCUT2D eigenvalue weighted by molar-refractivity contribution is 6.10. The van der Waals surface area contributed by atoms with Crippen LogP contribution in [0.15, 0.2) is 236 Å². The number of nitrogens with zero attached hydrogens (tertiary/aromatic N) is 2. The molecule has 10 aromatic carbocycles. The smallest absolute Gasteiger partial charge is 0.159 e. The van der Waals surface area contributed by atoms with E-state index in [4.69, 9.17) is 20.5 Å². The molecule has 0 radical (unpaired) electrons. The molecule has 0 N–H and O–H groups in total. The second kappa shape index (κ2) is 15.3. The number of hydrogen-bond donors (Lipinski definition) is 0. The Morgan fingerprint density at radius 2 is 0.955 bits per heavy atom. The maximum atomic E-state index is 6.89. The van der Waals surface area contributed by atoms with Gasteiger partial charge in [0, 0.05) is 67.9 Å². The van der Waals surface area contributed by atoms with Crippen LogP contribution in [0.25, 0.3) is 66.3 Å². The molecular formula is C62H40N2O3. The van der Waals surface area contributed by atoms with Gasteiger partial charge in [-0.05, 0) is 118 Å². The van der Waals surface area contributed by atoms with Gasteiger partial charge in [0.1, 0.15) is 28.6 Å². The normalized spacial score (nSPS) is 12.5. The van der Waals surface area contributed by atoms with E-state index in [-0.39, 0.29) is 0 Å². The lowest BCUT2D eigenvalue weighted by Crippen LogP contribution is -2.14. The van der Waals surface area contributed by atoms with Crippen molar-refractivity contribution in [2.75, 3.05) is 9.80 Å². The zero-order chi connectivity index (χ0) is 44.6. The van der Waals surface area contributed by atoms with Crippen molar-refractivity contribution in [2.45, 2.75) is 0 Å². The number of furan rings is 1. The lowest BCUT2D eigenvalue weighted by atomic mass is 9.85. The molecule has 0 fully saturated rings. The van der Waals surface area contributed by atoms with E-state index in [1.165, 1.54) is 10.8 Å². The van der Waals surface area contributed by atoms with E-state index >= 15 is 0 Å². The van der Waals surface area contributed by atoms with Crippen molar-refractivity contribution in [3.63, 3.8) is 0 Å². The van der Waals surface area contributed by atoms with Gasteiger partial charge < -0.3 is 23.7 Å². The van der Waals surface area contributed by atoms with Crippen molar-refractivity contribution >= 4 is 78.2 Å². The van der Waals surface area contributed by atoms with Gasteiger partial charge in [-0.2, -0.15) is 0 Å². The minimum Gasteiger partial charge on any atom is -0.457 e. The van der Waals surface area contributed by atoms with Gasteiger partial charge in [0.15, 0.2) is 5.58 Å². The van der Waals surface area contributed by atoms with E-state index in [2.05, 4.69) is 204 Å². The number of anilines is 6. The molecule has 0 bridgehead atoms. The molecule has 2 aliphatic heterocycles. The second-order valence-corrected chi connectivity index (χ2v) is 17.0. The van der Waals surface area contributed by atoms with E-state index in [1.807, 2.05) is 30.3 Å². The molecule has 0 unspecified atom stereocenters. The van der Waals surface area contributed by atoms with Crippen LogP contribution < -0.4 is 19.3 Å². The molecule has 11 aromatic rings. The van der Waals surface area contributed by atoms with Crippen LogP contribution in [-0.2, 0) is 0 Å². The van der Waals surface area contributed by atoms with Crippen molar-refractivity contribution < 1.29 is 13.9 Å². The van der Waals surface area contributed by atoms with E-state index < -0.39 is 0 Å². The summed E-state index contributed by atoms with van der Waals surface area (Å²) in [5.74, 6) is 2.69. The molecule has 2 aliphatic rings. The molecule has 5 heteroatoms. The lowest BCUT2D eigenvalue weighted by molar-refractivity contribution is 0.471. The summed E-state index contributed by atoms with van der Waals surface area (Å²) in [5, 5.41) is 4.50. The average molecular weight is 861 g/mol. The molecule has 0 saturated heterocycles. The quantitative estimate of drug-likeness (QED) is 0.160. The predicted molar refractivity (Wildman–Crippen MR) is 276 cm³/mol. The third-order valence-corrected chi connectivity index (χ3v) is 13.1. The van der Waals surface area contributed by atoms with Gasteiger partial charge >= 0.3 is 0 Å². The third-order valence-electron chi connectivity index (χ3n) is 13.1. The summed E-state index contributed by atoms with van der Waals surface area (Å²) in [6.45, 7) is 9.20. The highest BCUT2D eigenvalue weighted by Gasteiger charge is 2.32. The van der Waals surface area contributed by atoms with Gasteiger partial charge in [-0.1, -0.05) is 134 Å². The fraction of sp³-hybridized carbons (Fsp3) is 0. The highest BCUT2D eigenvalue weighted by atomic mass is 16.5. The standard InChI is InChI=1S/C62H40N2O3/c1-39-50-32-30-49(64(46-27-24-43(25-28-46)41-14-5-3-6-15-41)55-22-13-21-54-51-20-11-12-23-56(51)67-62(54)55)38-58(50)66-57-35-34-53-52-33-31-48(37-59(52)65-40(2)61(53)60(39)57)63(45-18-7-4-8-19-45)47-29-26-42-16-9-10-17-44(42)36-47/h3-38H,1-2H2. The Hall–Kier alpha value is -9.06. The Morgan fingerprint density at radius 3 is 1.78 bits per heavy atom. The van der Waals surface area contributed by atoms with Crippen molar-refractivity contribution in [1.29, 1.82) is 0 Å². The van der Waals surface area contributed by atoms with Gasteiger partial charge in [0.2, 0.25) is 0 Å². The van der Waals surface area contributed by atoms with Crippen LogP contribution in [-0.4, -0.2) is 0 Å². The van der Waals surface area contributed by atoms with E-state index in [9.17, 15) is 0 Å². The Balaban J connectivity index is 0.883. The first-order valence-corrected chi connectivity index (χ1v) is 22.4. The SMILES string of the molecule is C=C1c2ccc(N(c3ccc(-c4ccccc4)cc3)c3cccc4c3oc3ccccc34)cc2Oc2ccc3c(c21)C(=C)Oc1cc(N(c2ccccc2)c2ccc4ccccc4c2)ccc1-3. The van der Waals surface area contributed by atoms with Crippen LogP contribution in [0.3, 0.4) is 0 Å². The molecule has 67 heavy (non-hydrogen) atoms. The van der Waals surface area contributed by atoms with Crippen LogP contribution >= 0.6 is 0 Å². The maximum absolute atomic E-state index is 6.89. The summed E-state index contributed by atoms with van der Waals surface area (Å²) in [5.41, 5.74) is 15.3. The summed E-state index contributed by atoms with van der Waals surface area (Å²) in [4.78, 5) is 4.51. The topological polar surface area (TPSA) is 38.1 Å². The zero-order valence-electron chi connectivity index (χ0n) is 36.3. The molecule has 316 valence electrons. The van der Waals surface area contributed by atoms with Gasteiger partial charge in [-0.3, -0.25) is 0 Å². The second-order valence-electron chi connectivity index (χ2n) is 17.0. The first kappa shape index (κ1) is 38.4. The predicted octanol–water partition coefficient (Wildman–Crippen LogP) is 17.5. The minimum atomic E-state index is 0.544. The number of benzene rings is 10. The Morgan fingerprint density at radius 1 is 0.358 bits per heavy atom. The van der Waals surface area contributed by atoms with Crippen LogP contribution in [0, 0.1) is 0 Å². The van der Waals surface area contributed by atoms with Crippen molar-refractivity contribution in [3.05, 3.63) is 248 Å². The van der Waals surface area contributed by atoms with E-state index in [1.54, 1.807) is 0 Å². The number of fused-ring (bicyclic) bond motifs is 10. The average Bonchev–Trinajstić information content (AvgIpc) is 3.77. The molecule has 0 spiro atoms.